The highest BCUT2D eigenvalue weighted by Gasteiger charge is 2.26. The van der Waals surface area contributed by atoms with Gasteiger partial charge in [-0.3, -0.25) is 0 Å². The Hall–Kier alpha value is -3.39. The minimum absolute atomic E-state index is 0.0890. The molecule has 0 N–H and O–H groups in total. The molecule has 8 heteroatoms. The summed E-state index contributed by atoms with van der Waals surface area (Å²) in [5.74, 6) is -0.382. The van der Waals surface area contributed by atoms with Crippen molar-refractivity contribution in [3.05, 3.63) is 65.7 Å². The highest BCUT2D eigenvalue weighted by Crippen LogP contribution is 2.35. The zero-order valence-electron chi connectivity index (χ0n) is 20.7. The molecule has 3 aromatic rings. The lowest BCUT2D eigenvalue weighted by Gasteiger charge is -2.34. The van der Waals surface area contributed by atoms with Gasteiger partial charge in [0.25, 0.3) is 0 Å². The molecule has 3 aliphatic heterocycles. The molecule has 37 heavy (non-hydrogen) atoms. The maximum Gasteiger partial charge on any atom is 0.197 e. The summed E-state index contributed by atoms with van der Waals surface area (Å²) in [6.45, 7) is 4.77. The van der Waals surface area contributed by atoms with Crippen LogP contribution in [0, 0.1) is 17.6 Å². The molecule has 3 aromatic carbocycles. The number of rotatable bonds is 7. The number of hydrogen-bond acceptors (Lipinski definition) is 6. The number of benzene rings is 3. The van der Waals surface area contributed by atoms with Crippen molar-refractivity contribution in [2.24, 2.45) is 10.9 Å². The predicted octanol–water partition coefficient (Wildman–Crippen LogP) is 3.79. The van der Waals surface area contributed by atoms with Gasteiger partial charge in [0.1, 0.15) is 19.0 Å². The average Bonchev–Trinajstić information content (AvgIpc) is 3.36. The number of likely N-dealkylation sites (tertiary alicyclic amines) is 1. The van der Waals surface area contributed by atoms with Crippen molar-refractivity contribution in [3.8, 4) is 11.5 Å². The molecule has 194 valence electrons. The van der Waals surface area contributed by atoms with Crippen LogP contribution < -0.4 is 19.5 Å². The number of ether oxygens (including phenoxy) is 2. The third kappa shape index (κ3) is 5.21. The molecular weight excluding hydrogens is 476 g/mol. The lowest BCUT2D eigenvalue weighted by molar-refractivity contribution is -0.223. The lowest BCUT2D eigenvalue weighted by Crippen LogP contribution is -2.43. The zero-order valence-corrected chi connectivity index (χ0v) is 20.7. The zero-order chi connectivity index (χ0) is 25.4. The number of anilines is 1. The molecule has 0 bridgehead atoms. The Morgan fingerprint density at radius 2 is 1.81 bits per heavy atom. The van der Waals surface area contributed by atoms with Crippen molar-refractivity contribution in [2.45, 2.75) is 25.3 Å². The van der Waals surface area contributed by atoms with E-state index in [2.05, 4.69) is 14.8 Å². The summed E-state index contributed by atoms with van der Waals surface area (Å²) in [5, 5.41) is 15.1. The first-order valence-corrected chi connectivity index (χ1v) is 13.0. The van der Waals surface area contributed by atoms with Crippen LogP contribution in [0.3, 0.4) is 0 Å². The van der Waals surface area contributed by atoms with Crippen molar-refractivity contribution >= 4 is 22.4 Å². The number of aliphatic imine (C=N–C) groups is 1. The van der Waals surface area contributed by atoms with Crippen LogP contribution in [0.1, 0.15) is 18.4 Å². The first kappa shape index (κ1) is 24.0. The van der Waals surface area contributed by atoms with Crippen LogP contribution in [-0.4, -0.2) is 62.8 Å². The second kappa shape index (κ2) is 10.2. The maximum atomic E-state index is 14.6. The Bertz CT molecular complexity index is 1330. The number of hydrogen-bond donors (Lipinski definition) is 0. The van der Waals surface area contributed by atoms with Gasteiger partial charge < -0.3 is 29.4 Å². The van der Waals surface area contributed by atoms with Gasteiger partial charge in [0.2, 0.25) is 0 Å². The smallest absolute Gasteiger partial charge is 0.197 e. The third-order valence-electron chi connectivity index (χ3n) is 7.54. The molecule has 0 amide bonds. The summed E-state index contributed by atoms with van der Waals surface area (Å²) in [6, 6.07) is 13.7. The van der Waals surface area contributed by atoms with E-state index in [1.807, 2.05) is 24.3 Å². The van der Waals surface area contributed by atoms with Gasteiger partial charge in [-0.05, 0) is 91.0 Å². The Labute approximate surface area is 215 Å². The van der Waals surface area contributed by atoms with Gasteiger partial charge in [0.15, 0.2) is 17.3 Å². The molecule has 0 aliphatic carbocycles. The second-order valence-electron chi connectivity index (χ2n) is 10.2. The van der Waals surface area contributed by atoms with E-state index in [-0.39, 0.29) is 29.4 Å². The molecule has 6 rings (SSSR count). The fourth-order valence-corrected chi connectivity index (χ4v) is 5.45. The normalized spacial score (nSPS) is 20.8. The van der Waals surface area contributed by atoms with Crippen LogP contribution in [0.15, 0.2) is 53.5 Å². The molecule has 0 aromatic heterocycles. The Balaban J connectivity index is 1.17. The SMILES string of the molecule is [O-]C(=NC(Cc1cc(F)c2c(c1)OCCO2)CN1CCC1)[C@@H]1CCN(c2ccc3cc(F)ccc3c2)C1. The van der Waals surface area contributed by atoms with Crippen molar-refractivity contribution in [3.63, 3.8) is 0 Å². The third-order valence-corrected chi connectivity index (χ3v) is 7.54. The van der Waals surface area contributed by atoms with Gasteiger partial charge >= 0.3 is 0 Å². The van der Waals surface area contributed by atoms with Crippen molar-refractivity contribution in [1.29, 1.82) is 0 Å². The molecule has 1 unspecified atom stereocenters. The molecule has 2 saturated heterocycles. The topological polar surface area (TPSA) is 60.4 Å². The van der Waals surface area contributed by atoms with Gasteiger partial charge in [0, 0.05) is 31.2 Å². The van der Waals surface area contributed by atoms with Crippen LogP contribution >= 0.6 is 0 Å². The quantitative estimate of drug-likeness (QED) is 0.361. The molecule has 2 atom stereocenters. The minimum Gasteiger partial charge on any atom is -0.862 e. The van der Waals surface area contributed by atoms with E-state index in [4.69, 9.17) is 9.47 Å². The van der Waals surface area contributed by atoms with E-state index in [9.17, 15) is 13.9 Å². The summed E-state index contributed by atoms with van der Waals surface area (Å²) >= 11 is 0. The fourth-order valence-electron chi connectivity index (χ4n) is 5.45. The molecule has 0 radical (unpaired) electrons. The molecular formula is C29H30F2N3O3-. The van der Waals surface area contributed by atoms with Gasteiger partial charge in [-0.2, -0.15) is 0 Å². The van der Waals surface area contributed by atoms with Crippen molar-refractivity contribution < 1.29 is 23.4 Å². The first-order chi connectivity index (χ1) is 18.0. The van der Waals surface area contributed by atoms with Crippen LogP contribution in [0.4, 0.5) is 14.5 Å². The summed E-state index contributed by atoms with van der Waals surface area (Å²) in [5.41, 5.74) is 1.78. The summed E-state index contributed by atoms with van der Waals surface area (Å²) in [7, 11) is 0. The summed E-state index contributed by atoms with van der Waals surface area (Å²) in [6.07, 6.45) is 2.35. The lowest BCUT2D eigenvalue weighted by atomic mass is 10.0. The van der Waals surface area contributed by atoms with E-state index < -0.39 is 5.82 Å². The molecule has 0 saturated carbocycles. The highest BCUT2D eigenvalue weighted by molar-refractivity contribution is 5.86. The minimum atomic E-state index is -0.439. The van der Waals surface area contributed by atoms with Gasteiger partial charge in [-0.1, -0.05) is 12.1 Å². The fraction of sp³-hybridized carbons (Fsp3) is 0.414. The molecule has 2 fully saturated rings. The first-order valence-electron chi connectivity index (χ1n) is 13.0. The van der Waals surface area contributed by atoms with Gasteiger partial charge in [-0.15, -0.1) is 0 Å². The average molecular weight is 507 g/mol. The van der Waals surface area contributed by atoms with Crippen molar-refractivity contribution in [1.82, 2.24) is 4.90 Å². The molecule has 6 nitrogen and oxygen atoms in total. The maximum absolute atomic E-state index is 14.6. The van der Waals surface area contributed by atoms with E-state index in [1.165, 1.54) is 18.2 Å². The van der Waals surface area contributed by atoms with Crippen molar-refractivity contribution in [2.75, 3.05) is 50.8 Å². The number of halogens is 2. The van der Waals surface area contributed by atoms with Crippen LogP contribution in [0.25, 0.3) is 10.8 Å². The molecule has 3 aliphatic rings. The van der Waals surface area contributed by atoms with E-state index in [0.29, 0.717) is 38.5 Å². The van der Waals surface area contributed by atoms with Crippen LogP contribution in [0.2, 0.25) is 0 Å². The highest BCUT2D eigenvalue weighted by atomic mass is 19.1. The van der Waals surface area contributed by atoms with Gasteiger partial charge in [0.05, 0.1) is 6.04 Å². The Morgan fingerprint density at radius 1 is 1.00 bits per heavy atom. The molecule has 0 spiro atoms. The number of nitrogens with zero attached hydrogens (tertiary/aromatic N) is 3. The Kier molecular flexibility index (Phi) is 6.59. The monoisotopic (exact) mass is 506 g/mol. The van der Waals surface area contributed by atoms with E-state index in [0.717, 1.165) is 54.5 Å². The number of fused-ring (bicyclic) bond motifs is 2. The Morgan fingerprint density at radius 3 is 2.65 bits per heavy atom. The molecule has 3 heterocycles. The summed E-state index contributed by atoms with van der Waals surface area (Å²) < 4.78 is 39.1. The second-order valence-corrected chi connectivity index (χ2v) is 10.2. The predicted molar refractivity (Wildman–Crippen MR) is 138 cm³/mol. The largest absolute Gasteiger partial charge is 0.862 e. The van der Waals surface area contributed by atoms with E-state index >= 15 is 0 Å². The van der Waals surface area contributed by atoms with Gasteiger partial charge in [-0.25, -0.2) is 8.78 Å². The van der Waals surface area contributed by atoms with Crippen LogP contribution in [0.5, 0.6) is 11.5 Å². The van der Waals surface area contributed by atoms with E-state index in [1.54, 1.807) is 6.07 Å². The standard InChI is InChI=1S/C29H31F2N3O3/c30-23-4-2-21-16-25(5-3-20(21)15-23)34-9-6-22(17-34)29(35)32-24(18-33-7-1-8-33)12-19-13-26(31)28-27(14-19)36-10-11-37-28/h2-5,13-16,22,24H,1,6-12,17-18H2,(H,32,35)/p-1/t22-,24?/m1/s1. The summed E-state index contributed by atoms with van der Waals surface area (Å²) in [4.78, 5) is 9.14. The van der Waals surface area contributed by atoms with Crippen LogP contribution in [-0.2, 0) is 6.42 Å².